The molecule has 1 aromatic rings. The summed E-state index contributed by atoms with van der Waals surface area (Å²) in [6.07, 6.45) is 0. The Bertz CT molecular complexity index is 374. The van der Waals surface area contributed by atoms with Gasteiger partial charge in [-0.15, -0.1) is 0 Å². The molecule has 0 atom stereocenters. The van der Waals surface area contributed by atoms with Crippen LogP contribution < -0.4 is 9.47 Å². The summed E-state index contributed by atoms with van der Waals surface area (Å²) in [4.78, 5) is 11.6. The number of hydrogen-bond acceptors (Lipinski definition) is 3. The summed E-state index contributed by atoms with van der Waals surface area (Å²) in [5, 5.41) is 0.309. The molecular formula is C11H13BrO3. The number of halogens is 1. The number of hydrogen-bond donors (Lipinski definition) is 0. The molecule has 3 nitrogen and oxygen atoms in total. The summed E-state index contributed by atoms with van der Waals surface area (Å²) in [5.41, 5.74) is 1.54. The van der Waals surface area contributed by atoms with E-state index in [4.69, 9.17) is 9.47 Å². The summed E-state index contributed by atoms with van der Waals surface area (Å²) in [5.74, 6) is 1.25. The SMILES string of the molecule is COc1cc(C)c(C(=O)CBr)cc1OC. The van der Waals surface area contributed by atoms with Crippen LogP contribution in [-0.2, 0) is 0 Å². The van der Waals surface area contributed by atoms with Crippen LogP contribution in [0.3, 0.4) is 0 Å². The van der Waals surface area contributed by atoms with Crippen molar-refractivity contribution in [2.45, 2.75) is 6.92 Å². The van der Waals surface area contributed by atoms with E-state index >= 15 is 0 Å². The lowest BCUT2D eigenvalue weighted by Gasteiger charge is -2.11. The molecule has 0 N–H and O–H groups in total. The number of methoxy groups -OCH3 is 2. The number of benzene rings is 1. The number of aryl methyl sites for hydroxylation is 1. The number of alkyl halides is 1. The number of carbonyl (C=O) groups is 1. The van der Waals surface area contributed by atoms with E-state index in [1.165, 1.54) is 0 Å². The first-order valence-electron chi connectivity index (χ1n) is 4.45. The van der Waals surface area contributed by atoms with Gasteiger partial charge in [-0.25, -0.2) is 0 Å². The lowest BCUT2D eigenvalue weighted by Crippen LogP contribution is -2.04. The van der Waals surface area contributed by atoms with Gasteiger partial charge in [0.2, 0.25) is 0 Å². The molecule has 0 aliphatic heterocycles. The van der Waals surface area contributed by atoms with Crippen molar-refractivity contribution in [2.75, 3.05) is 19.5 Å². The van der Waals surface area contributed by atoms with Gasteiger partial charge in [0.1, 0.15) is 0 Å². The standard InChI is InChI=1S/C11H13BrO3/c1-7-4-10(14-2)11(15-3)5-8(7)9(13)6-12/h4-5H,6H2,1-3H3. The minimum Gasteiger partial charge on any atom is -0.493 e. The molecule has 0 aromatic heterocycles. The fraction of sp³-hybridized carbons (Fsp3) is 0.364. The maximum atomic E-state index is 11.6. The van der Waals surface area contributed by atoms with Crippen LogP contribution in [0.2, 0.25) is 0 Å². The van der Waals surface area contributed by atoms with Crippen LogP contribution in [0.5, 0.6) is 11.5 Å². The smallest absolute Gasteiger partial charge is 0.173 e. The molecule has 0 amide bonds. The van der Waals surface area contributed by atoms with Crippen LogP contribution >= 0.6 is 15.9 Å². The van der Waals surface area contributed by atoms with E-state index in [1.807, 2.05) is 6.92 Å². The zero-order valence-corrected chi connectivity index (χ0v) is 10.6. The molecule has 0 saturated heterocycles. The van der Waals surface area contributed by atoms with Gasteiger partial charge in [0.05, 0.1) is 19.5 Å². The van der Waals surface area contributed by atoms with Gasteiger partial charge in [0.25, 0.3) is 0 Å². The predicted octanol–water partition coefficient (Wildman–Crippen LogP) is 2.59. The van der Waals surface area contributed by atoms with Crippen molar-refractivity contribution in [2.24, 2.45) is 0 Å². The van der Waals surface area contributed by atoms with Gasteiger partial charge in [-0.2, -0.15) is 0 Å². The average Bonchev–Trinajstić information content (AvgIpc) is 2.27. The maximum Gasteiger partial charge on any atom is 0.173 e. The van der Waals surface area contributed by atoms with Crippen LogP contribution in [0, 0.1) is 6.92 Å². The van der Waals surface area contributed by atoms with E-state index in [0.29, 0.717) is 22.4 Å². The lowest BCUT2D eigenvalue weighted by atomic mass is 10.0. The number of ether oxygens (including phenoxy) is 2. The second-order valence-electron chi connectivity index (χ2n) is 3.08. The molecule has 0 aliphatic rings. The molecule has 0 saturated carbocycles. The Morgan fingerprint density at radius 1 is 1.27 bits per heavy atom. The van der Waals surface area contributed by atoms with Crippen LogP contribution in [-0.4, -0.2) is 25.3 Å². The second kappa shape index (κ2) is 5.16. The molecule has 1 rings (SSSR count). The topological polar surface area (TPSA) is 35.5 Å². The van der Waals surface area contributed by atoms with E-state index in [-0.39, 0.29) is 5.78 Å². The summed E-state index contributed by atoms with van der Waals surface area (Å²) in [6, 6.07) is 3.51. The summed E-state index contributed by atoms with van der Waals surface area (Å²) in [6.45, 7) is 1.87. The monoisotopic (exact) mass is 272 g/mol. The molecule has 1 aromatic carbocycles. The average molecular weight is 273 g/mol. The van der Waals surface area contributed by atoms with Gasteiger partial charge in [-0.1, -0.05) is 15.9 Å². The van der Waals surface area contributed by atoms with E-state index in [2.05, 4.69) is 15.9 Å². The number of Topliss-reactive ketones (excluding diaryl/α,β-unsaturated/α-hetero) is 1. The molecule has 0 heterocycles. The summed E-state index contributed by atoms with van der Waals surface area (Å²) >= 11 is 3.15. The van der Waals surface area contributed by atoms with Crippen LogP contribution in [0.25, 0.3) is 0 Å². The van der Waals surface area contributed by atoms with Crippen molar-refractivity contribution >= 4 is 21.7 Å². The molecule has 0 unspecified atom stereocenters. The Labute approximate surface area is 97.5 Å². The molecule has 0 bridgehead atoms. The van der Waals surface area contributed by atoms with Crippen molar-refractivity contribution < 1.29 is 14.3 Å². The minimum atomic E-state index is 0.0356. The summed E-state index contributed by atoms with van der Waals surface area (Å²) in [7, 11) is 3.12. The molecule has 4 heteroatoms. The van der Waals surface area contributed by atoms with Gasteiger partial charge in [0.15, 0.2) is 17.3 Å². The summed E-state index contributed by atoms with van der Waals surface area (Å²) < 4.78 is 10.3. The van der Waals surface area contributed by atoms with Crippen molar-refractivity contribution in [3.05, 3.63) is 23.3 Å². The van der Waals surface area contributed by atoms with E-state index in [9.17, 15) is 4.79 Å². The van der Waals surface area contributed by atoms with Crippen molar-refractivity contribution in [1.29, 1.82) is 0 Å². The number of carbonyl (C=O) groups excluding carboxylic acids is 1. The first kappa shape index (κ1) is 12.0. The highest BCUT2D eigenvalue weighted by Gasteiger charge is 2.13. The molecule has 15 heavy (non-hydrogen) atoms. The van der Waals surface area contributed by atoms with Crippen molar-refractivity contribution in [3.63, 3.8) is 0 Å². The molecule has 0 radical (unpaired) electrons. The zero-order chi connectivity index (χ0) is 11.4. The Balaban J connectivity index is 3.25. The largest absolute Gasteiger partial charge is 0.493 e. The Kier molecular flexibility index (Phi) is 4.15. The van der Waals surface area contributed by atoms with E-state index < -0.39 is 0 Å². The molecule has 0 aliphatic carbocycles. The molecular weight excluding hydrogens is 260 g/mol. The van der Waals surface area contributed by atoms with Crippen LogP contribution in [0.4, 0.5) is 0 Å². The highest BCUT2D eigenvalue weighted by Crippen LogP contribution is 2.30. The van der Waals surface area contributed by atoms with Gasteiger partial charge in [-0.05, 0) is 24.6 Å². The van der Waals surface area contributed by atoms with Crippen molar-refractivity contribution in [1.82, 2.24) is 0 Å². The predicted molar refractivity (Wildman–Crippen MR) is 62.4 cm³/mol. The highest BCUT2D eigenvalue weighted by atomic mass is 79.9. The Morgan fingerprint density at radius 2 is 1.80 bits per heavy atom. The third-order valence-corrected chi connectivity index (χ3v) is 2.66. The fourth-order valence-electron chi connectivity index (χ4n) is 1.35. The molecule has 82 valence electrons. The normalized spacial score (nSPS) is 9.87. The number of ketones is 1. The third-order valence-electron chi connectivity index (χ3n) is 2.15. The first-order valence-corrected chi connectivity index (χ1v) is 5.58. The van der Waals surface area contributed by atoms with Gasteiger partial charge >= 0.3 is 0 Å². The van der Waals surface area contributed by atoms with E-state index in [0.717, 1.165) is 5.56 Å². The highest BCUT2D eigenvalue weighted by molar-refractivity contribution is 9.09. The van der Waals surface area contributed by atoms with Gasteiger partial charge in [-0.3, -0.25) is 4.79 Å². The number of rotatable bonds is 4. The molecule has 0 fully saturated rings. The zero-order valence-electron chi connectivity index (χ0n) is 8.96. The Hall–Kier alpha value is -1.03. The van der Waals surface area contributed by atoms with Gasteiger partial charge < -0.3 is 9.47 Å². The Morgan fingerprint density at radius 3 is 2.27 bits per heavy atom. The van der Waals surface area contributed by atoms with Crippen LogP contribution in [0.15, 0.2) is 12.1 Å². The minimum absolute atomic E-state index is 0.0356. The van der Waals surface area contributed by atoms with Crippen LogP contribution in [0.1, 0.15) is 15.9 Å². The van der Waals surface area contributed by atoms with E-state index in [1.54, 1.807) is 26.4 Å². The van der Waals surface area contributed by atoms with Gasteiger partial charge in [0, 0.05) is 5.56 Å². The lowest BCUT2D eigenvalue weighted by molar-refractivity contribution is 0.102. The maximum absolute atomic E-state index is 11.6. The first-order chi connectivity index (χ1) is 7.13. The molecule has 0 spiro atoms. The van der Waals surface area contributed by atoms with Crippen molar-refractivity contribution in [3.8, 4) is 11.5 Å². The third kappa shape index (κ3) is 2.50. The second-order valence-corrected chi connectivity index (χ2v) is 3.64. The fourth-order valence-corrected chi connectivity index (χ4v) is 1.66. The quantitative estimate of drug-likeness (QED) is 0.624.